The van der Waals surface area contributed by atoms with Crippen molar-refractivity contribution in [2.24, 2.45) is 5.92 Å². The minimum absolute atomic E-state index is 0.136. The van der Waals surface area contributed by atoms with Gasteiger partial charge in [0, 0.05) is 16.8 Å². The zero-order valence-corrected chi connectivity index (χ0v) is 20.1. The number of benzene rings is 3. The average Bonchev–Trinajstić information content (AvgIpc) is 3.58. The van der Waals surface area contributed by atoms with Gasteiger partial charge in [0.2, 0.25) is 5.89 Å². The fourth-order valence-corrected chi connectivity index (χ4v) is 4.83. The standard InChI is InChI=1S/C29H29N3O4/c1-18(29(34)35)30-27(33)21-14-16-23(17-15-21)31-26(19-6-2-3-7-19)20-10-12-22(13-11-20)28-32-24-8-4-5-9-25(24)36-28/h4-5,8-19,26,31H,2-3,6-7H2,1H3,(H,30,33)(H,34,35)/t18-,26?/m1/s1. The number of oxazole rings is 1. The molecule has 36 heavy (non-hydrogen) atoms. The molecule has 2 atom stereocenters. The lowest BCUT2D eigenvalue weighted by atomic mass is 9.90. The van der Waals surface area contributed by atoms with Gasteiger partial charge in [-0.05, 0) is 79.8 Å². The van der Waals surface area contributed by atoms with E-state index in [0.29, 0.717) is 17.4 Å². The van der Waals surface area contributed by atoms with Crippen LogP contribution in [-0.4, -0.2) is 28.0 Å². The summed E-state index contributed by atoms with van der Waals surface area (Å²) in [7, 11) is 0. The van der Waals surface area contributed by atoms with Gasteiger partial charge in [-0.1, -0.05) is 37.1 Å². The number of amides is 1. The molecule has 5 rings (SSSR count). The molecular weight excluding hydrogens is 454 g/mol. The van der Waals surface area contributed by atoms with Crippen molar-refractivity contribution in [1.29, 1.82) is 0 Å². The molecule has 1 aromatic heterocycles. The number of carbonyl (C=O) groups excluding carboxylic acids is 1. The summed E-state index contributed by atoms with van der Waals surface area (Å²) in [5, 5.41) is 15.2. The molecule has 1 aliphatic carbocycles. The van der Waals surface area contributed by atoms with Crippen LogP contribution in [0.5, 0.6) is 0 Å². The van der Waals surface area contributed by atoms with Crippen LogP contribution in [0.1, 0.15) is 54.6 Å². The first-order valence-electron chi connectivity index (χ1n) is 12.3. The van der Waals surface area contributed by atoms with Gasteiger partial charge >= 0.3 is 5.97 Å². The van der Waals surface area contributed by atoms with E-state index >= 15 is 0 Å². The third-order valence-corrected chi connectivity index (χ3v) is 6.87. The van der Waals surface area contributed by atoms with E-state index in [-0.39, 0.29) is 6.04 Å². The lowest BCUT2D eigenvalue weighted by Gasteiger charge is -2.26. The van der Waals surface area contributed by atoms with E-state index in [1.165, 1.54) is 25.3 Å². The van der Waals surface area contributed by atoms with Crippen LogP contribution >= 0.6 is 0 Å². The van der Waals surface area contributed by atoms with Gasteiger partial charge in [0.15, 0.2) is 5.58 Å². The van der Waals surface area contributed by atoms with Crippen LogP contribution in [0.3, 0.4) is 0 Å². The van der Waals surface area contributed by atoms with Gasteiger partial charge in [-0.2, -0.15) is 0 Å². The van der Waals surface area contributed by atoms with Gasteiger partial charge in [-0.25, -0.2) is 4.98 Å². The van der Waals surface area contributed by atoms with E-state index in [1.807, 2.05) is 36.4 Å². The van der Waals surface area contributed by atoms with Crippen LogP contribution in [0.15, 0.2) is 77.2 Å². The van der Waals surface area contributed by atoms with Crippen molar-refractivity contribution in [3.63, 3.8) is 0 Å². The first-order chi connectivity index (χ1) is 17.5. The number of fused-ring (bicyclic) bond motifs is 1. The second kappa shape index (κ2) is 10.2. The molecule has 184 valence electrons. The van der Waals surface area contributed by atoms with Gasteiger partial charge in [0.25, 0.3) is 5.91 Å². The maximum Gasteiger partial charge on any atom is 0.325 e. The first kappa shape index (κ1) is 23.6. The van der Waals surface area contributed by atoms with Crippen LogP contribution in [0.4, 0.5) is 5.69 Å². The molecule has 0 spiro atoms. The number of anilines is 1. The highest BCUT2D eigenvalue weighted by Crippen LogP contribution is 2.38. The number of carbonyl (C=O) groups is 2. The fourth-order valence-electron chi connectivity index (χ4n) is 4.83. The Kier molecular flexibility index (Phi) is 6.71. The molecule has 1 heterocycles. The van der Waals surface area contributed by atoms with Crippen molar-refractivity contribution in [2.45, 2.75) is 44.7 Å². The Bertz CT molecular complexity index is 1320. The van der Waals surface area contributed by atoms with Gasteiger partial charge in [-0.15, -0.1) is 0 Å². The molecule has 1 aliphatic rings. The first-order valence-corrected chi connectivity index (χ1v) is 12.3. The number of carboxylic acids is 1. The number of rotatable bonds is 8. The maximum absolute atomic E-state index is 12.3. The molecule has 1 amide bonds. The van der Waals surface area contributed by atoms with E-state index in [4.69, 9.17) is 9.52 Å². The van der Waals surface area contributed by atoms with Crippen molar-refractivity contribution in [2.75, 3.05) is 5.32 Å². The number of aliphatic carboxylic acids is 1. The van der Waals surface area contributed by atoms with E-state index in [1.54, 1.807) is 12.1 Å². The van der Waals surface area contributed by atoms with E-state index < -0.39 is 17.9 Å². The summed E-state index contributed by atoms with van der Waals surface area (Å²) in [5.74, 6) is -0.347. The summed E-state index contributed by atoms with van der Waals surface area (Å²) in [6.07, 6.45) is 4.78. The Morgan fingerprint density at radius 2 is 1.67 bits per heavy atom. The van der Waals surface area contributed by atoms with Crippen LogP contribution in [0.25, 0.3) is 22.6 Å². The third kappa shape index (κ3) is 5.10. The number of aromatic nitrogens is 1. The fraction of sp³-hybridized carbons (Fsp3) is 0.276. The highest BCUT2D eigenvalue weighted by molar-refractivity contribution is 5.96. The third-order valence-electron chi connectivity index (χ3n) is 6.87. The van der Waals surface area contributed by atoms with Crippen LogP contribution in [-0.2, 0) is 4.79 Å². The second-order valence-electron chi connectivity index (χ2n) is 9.39. The molecule has 3 N–H and O–H groups in total. The number of nitrogens with one attached hydrogen (secondary N) is 2. The minimum atomic E-state index is -1.07. The Morgan fingerprint density at radius 1 is 0.972 bits per heavy atom. The molecular formula is C29H29N3O4. The number of carboxylic acid groups (broad SMARTS) is 1. The van der Waals surface area contributed by atoms with Crippen molar-refractivity contribution in [1.82, 2.24) is 10.3 Å². The molecule has 3 aromatic carbocycles. The monoisotopic (exact) mass is 483 g/mol. The number of hydrogen-bond donors (Lipinski definition) is 3. The van der Waals surface area contributed by atoms with Gasteiger partial charge in [-0.3, -0.25) is 9.59 Å². The zero-order chi connectivity index (χ0) is 25.1. The molecule has 0 bridgehead atoms. The Morgan fingerprint density at radius 3 is 2.33 bits per heavy atom. The van der Waals surface area contributed by atoms with E-state index in [2.05, 4.69) is 39.9 Å². The van der Waals surface area contributed by atoms with E-state index in [0.717, 1.165) is 35.2 Å². The van der Waals surface area contributed by atoms with E-state index in [9.17, 15) is 9.59 Å². The molecule has 1 saturated carbocycles. The Balaban J connectivity index is 1.34. The number of para-hydroxylation sites is 2. The molecule has 0 saturated heterocycles. The molecule has 0 aliphatic heterocycles. The summed E-state index contributed by atoms with van der Waals surface area (Å²) < 4.78 is 5.93. The van der Waals surface area contributed by atoms with Gasteiger partial charge in [0.05, 0.1) is 6.04 Å². The molecule has 7 nitrogen and oxygen atoms in total. The highest BCUT2D eigenvalue weighted by atomic mass is 16.4. The predicted octanol–water partition coefficient (Wildman–Crippen LogP) is 6.04. The van der Waals surface area contributed by atoms with Crippen LogP contribution < -0.4 is 10.6 Å². The van der Waals surface area contributed by atoms with Crippen LogP contribution in [0.2, 0.25) is 0 Å². The SMILES string of the molecule is C[C@@H](NC(=O)c1ccc(NC(c2ccc(-c3nc4ccccc4o3)cc2)C2CCCC2)cc1)C(=O)O. The van der Waals surface area contributed by atoms with Crippen molar-refractivity contribution >= 4 is 28.7 Å². The van der Waals surface area contributed by atoms with Crippen molar-refractivity contribution < 1.29 is 19.1 Å². The Labute approximate surface area is 209 Å². The molecule has 7 heteroatoms. The van der Waals surface area contributed by atoms with Crippen LogP contribution in [0, 0.1) is 5.92 Å². The molecule has 4 aromatic rings. The molecule has 0 radical (unpaired) electrons. The summed E-state index contributed by atoms with van der Waals surface area (Å²) in [6, 6.07) is 22.5. The maximum atomic E-state index is 12.3. The lowest BCUT2D eigenvalue weighted by Crippen LogP contribution is -2.38. The van der Waals surface area contributed by atoms with Gasteiger partial charge in [0.1, 0.15) is 11.6 Å². The summed E-state index contributed by atoms with van der Waals surface area (Å²) in [6.45, 7) is 1.44. The number of hydrogen-bond acceptors (Lipinski definition) is 5. The quantitative estimate of drug-likeness (QED) is 0.282. The Hall–Kier alpha value is -4.13. The number of nitrogens with zero attached hydrogens (tertiary/aromatic N) is 1. The highest BCUT2D eigenvalue weighted by Gasteiger charge is 2.27. The normalized spacial score (nSPS) is 15.5. The smallest absolute Gasteiger partial charge is 0.325 e. The molecule has 1 fully saturated rings. The summed E-state index contributed by atoms with van der Waals surface area (Å²) in [4.78, 5) is 27.9. The lowest BCUT2D eigenvalue weighted by molar-refractivity contribution is -0.138. The van der Waals surface area contributed by atoms with Crippen molar-refractivity contribution in [3.8, 4) is 11.5 Å². The minimum Gasteiger partial charge on any atom is -0.480 e. The van der Waals surface area contributed by atoms with Crippen molar-refractivity contribution in [3.05, 3.63) is 83.9 Å². The summed E-state index contributed by atoms with van der Waals surface area (Å²) >= 11 is 0. The largest absolute Gasteiger partial charge is 0.480 e. The summed E-state index contributed by atoms with van der Waals surface area (Å²) in [5.41, 5.74) is 5.09. The molecule has 1 unspecified atom stereocenters. The van der Waals surface area contributed by atoms with Gasteiger partial charge < -0.3 is 20.2 Å². The topological polar surface area (TPSA) is 104 Å². The zero-order valence-electron chi connectivity index (χ0n) is 20.1. The predicted molar refractivity (Wildman–Crippen MR) is 139 cm³/mol. The average molecular weight is 484 g/mol. The second-order valence-corrected chi connectivity index (χ2v) is 9.39.